The Labute approximate surface area is 194 Å². The van der Waals surface area contributed by atoms with Gasteiger partial charge in [-0.25, -0.2) is 9.59 Å². The molecule has 2 aliphatic heterocycles. The summed E-state index contributed by atoms with van der Waals surface area (Å²) in [7, 11) is 0. The molecule has 2 heterocycles. The van der Waals surface area contributed by atoms with E-state index in [0.717, 1.165) is 12.1 Å². The lowest BCUT2D eigenvalue weighted by Crippen LogP contribution is -2.62. The lowest BCUT2D eigenvalue weighted by molar-refractivity contribution is -0.296. The zero-order valence-electron chi connectivity index (χ0n) is 17.8. The van der Waals surface area contributed by atoms with E-state index in [1.807, 2.05) is 0 Å². The first kappa shape index (κ1) is 25.0. The van der Waals surface area contributed by atoms with Crippen molar-refractivity contribution in [1.29, 1.82) is 0 Å². The maximum absolute atomic E-state index is 14.4. The largest absolute Gasteiger partial charge is 0.422 e. The quantitative estimate of drug-likeness (QED) is 0.211. The van der Waals surface area contributed by atoms with E-state index < -0.39 is 41.2 Å². The molecule has 2 unspecified atom stereocenters. The first-order chi connectivity index (χ1) is 16.4. The first-order valence-electron chi connectivity index (χ1n) is 10.4. The van der Waals surface area contributed by atoms with E-state index in [1.54, 1.807) is 0 Å². The maximum atomic E-state index is 14.4. The zero-order chi connectivity index (χ0) is 25.4. The minimum absolute atomic E-state index is 0.124. The molecular formula is C23H18F6O6. The lowest BCUT2D eigenvalue weighted by atomic mass is 10.0. The van der Waals surface area contributed by atoms with Crippen molar-refractivity contribution in [2.75, 3.05) is 13.2 Å². The summed E-state index contributed by atoms with van der Waals surface area (Å²) in [6.07, 6.45) is -0.297. The molecule has 2 saturated heterocycles. The highest BCUT2D eigenvalue weighted by Crippen LogP contribution is 2.47. The van der Waals surface area contributed by atoms with Gasteiger partial charge >= 0.3 is 29.7 Å². The fourth-order valence-corrected chi connectivity index (χ4v) is 3.19. The second-order valence-corrected chi connectivity index (χ2v) is 8.04. The van der Waals surface area contributed by atoms with Crippen LogP contribution >= 0.6 is 0 Å². The molecular weight excluding hydrogens is 486 g/mol. The normalized spacial score (nSPS) is 19.7. The molecule has 2 aromatic rings. The van der Waals surface area contributed by atoms with E-state index in [-0.39, 0.29) is 36.2 Å². The van der Waals surface area contributed by atoms with Crippen LogP contribution in [0.25, 0.3) is 0 Å². The van der Waals surface area contributed by atoms with Crippen LogP contribution in [0.15, 0.2) is 48.5 Å². The van der Waals surface area contributed by atoms with Crippen LogP contribution in [0.1, 0.15) is 11.1 Å². The third-order valence-electron chi connectivity index (χ3n) is 5.35. The van der Waals surface area contributed by atoms with Gasteiger partial charge in [0.15, 0.2) is 0 Å². The van der Waals surface area contributed by atoms with Crippen molar-refractivity contribution in [3.05, 3.63) is 59.7 Å². The molecule has 35 heavy (non-hydrogen) atoms. The molecule has 0 amide bonds. The Morgan fingerprint density at radius 3 is 1.40 bits per heavy atom. The van der Waals surface area contributed by atoms with Gasteiger partial charge in [-0.3, -0.25) is 0 Å². The summed E-state index contributed by atoms with van der Waals surface area (Å²) in [6, 6.07) is 10.3. The number of epoxide rings is 2. The van der Waals surface area contributed by atoms with Crippen molar-refractivity contribution in [1.82, 2.24) is 0 Å². The highest BCUT2D eigenvalue weighted by molar-refractivity contribution is 5.87. The van der Waals surface area contributed by atoms with Crippen molar-refractivity contribution in [3.63, 3.8) is 0 Å². The number of alkyl halides is 6. The van der Waals surface area contributed by atoms with Crippen LogP contribution in [0.5, 0.6) is 11.5 Å². The molecule has 0 aliphatic carbocycles. The molecule has 12 heteroatoms. The van der Waals surface area contributed by atoms with Crippen molar-refractivity contribution in [3.8, 4) is 11.5 Å². The fraction of sp³-hybridized carbons (Fsp3) is 0.391. The van der Waals surface area contributed by atoms with E-state index in [9.17, 15) is 35.9 Å². The van der Waals surface area contributed by atoms with Gasteiger partial charge in [0, 0.05) is 12.8 Å². The van der Waals surface area contributed by atoms with E-state index in [0.29, 0.717) is 13.2 Å². The third kappa shape index (κ3) is 5.13. The molecule has 0 saturated carbocycles. The van der Waals surface area contributed by atoms with Crippen LogP contribution in [0.4, 0.5) is 26.3 Å². The maximum Gasteiger partial charge on any atom is 0.411 e. The second-order valence-electron chi connectivity index (χ2n) is 8.04. The van der Waals surface area contributed by atoms with Gasteiger partial charge in [0.05, 0.1) is 25.4 Å². The molecule has 2 atom stereocenters. The Morgan fingerprint density at radius 2 is 1.06 bits per heavy atom. The summed E-state index contributed by atoms with van der Waals surface area (Å²) < 4.78 is 105. The zero-order valence-corrected chi connectivity index (χ0v) is 17.8. The predicted octanol–water partition coefficient (Wildman–Crippen LogP) is 3.99. The van der Waals surface area contributed by atoms with Gasteiger partial charge in [-0.1, -0.05) is 36.4 Å². The SMILES string of the molecule is O=C(Oc1ccccc1CC1CO1)C(F)(F)C(F)(F)C(F)(F)C(=O)Oc1ccccc1CC1CO1. The van der Waals surface area contributed by atoms with Crippen LogP contribution in [-0.2, 0) is 31.9 Å². The van der Waals surface area contributed by atoms with Gasteiger partial charge in [-0.15, -0.1) is 0 Å². The highest BCUT2D eigenvalue weighted by Gasteiger charge is 2.79. The summed E-state index contributed by atoms with van der Waals surface area (Å²) in [4.78, 5) is 23.9. The number of hydrogen-bond donors (Lipinski definition) is 0. The molecule has 2 aromatic carbocycles. The van der Waals surface area contributed by atoms with Gasteiger partial charge in [-0.2, -0.15) is 26.3 Å². The number of carbonyl (C=O) groups is 2. The summed E-state index contributed by atoms with van der Waals surface area (Å²) in [5.74, 6) is -25.6. The Bertz CT molecular complexity index is 1030. The molecule has 0 N–H and O–H groups in total. The molecule has 4 rings (SSSR count). The number of carbonyl (C=O) groups excluding carboxylic acids is 2. The van der Waals surface area contributed by atoms with Crippen molar-refractivity contribution in [2.45, 2.75) is 42.8 Å². The standard InChI is InChI=1S/C23H18F6O6/c24-21(25,19(30)34-17-7-3-1-5-13(17)9-15-11-32-15)23(28,29)22(26,27)20(31)35-18-8-4-2-6-14(18)10-16-12-33-16/h1-8,15-16H,9-12H2. The monoisotopic (exact) mass is 504 g/mol. The van der Waals surface area contributed by atoms with Gasteiger partial charge in [0.2, 0.25) is 0 Å². The predicted molar refractivity (Wildman–Crippen MR) is 106 cm³/mol. The Kier molecular flexibility index (Phi) is 6.54. The van der Waals surface area contributed by atoms with E-state index in [4.69, 9.17) is 9.47 Å². The van der Waals surface area contributed by atoms with E-state index in [1.165, 1.54) is 36.4 Å². The van der Waals surface area contributed by atoms with Crippen molar-refractivity contribution < 1.29 is 54.9 Å². The molecule has 188 valence electrons. The van der Waals surface area contributed by atoms with Crippen LogP contribution in [0.2, 0.25) is 0 Å². The summed E-state index contributed by atoms with van der Waals surface area (Å²) in [6.45, 7) is 0.726. The van der Waals surface area contributed by atoms with Crippen molar-refractivity contribution >= 4 is 11.9 Å². The van der Waals surface area contributed by atoms with Gasteiger partial charge in [0.25, 0.3) is 0 Å². The minimum atomic E-state index is -6.47. The molecule has 0 radical (unpaired) electrons. The summed E-state index contributed by atoms with van der Waals surface area (Å²) in [5, 5.41) is 0. The Hall–Kier alpha value is -3.12. The number of para-hydroxylation sites is 2. The number of esters is 2. The molecule has 2 fully saturated rings. The number of ether oxygens (including phenoxy) is 4. The highest BCUT2D eigenvalue weighted by atomic mass is 19.3. The first-order valence-corrected chi connectivity index (χ1v) is 10.4. The molecule has 0 aromatic heterocycles. The fourth-order valence-electron chi connectivity index (χ4n) is 3.19. The number of benzene rings is 2. The number of rotatable bonds is 10. The molecule has 2 aliphatic rings. The van der Waals surface area contributed by atoms with Crippen molar-refractivity contribution in [2.24, 2.45) is 0 Å². The number of hydrogen-bond acceptors (Lipinski definition) is 6. The molecule has 6 nitrogen and oxygen atoms in total. The molecule has 0 spiro atoms. The molecule has 0 bridgehead atoms. The van der Waals surface area contributed by atoms with Crippen LogP contribution in [0, 0.1) is 0 Å². The smallest absolute Gasteiger partial charge is 0.411 e. The third-order valence-corrected chi connectivity index (χ3v) is 5.35. The van der Waals surface area contributed by atoms with Crippen LogP contribution < -0.4 is 9.47 Å². The van der Waals surface area contributed by atoms with Crippen LogP contribution in [0.3, 0.4) is 0 Å². The van der Waals surface area contributed by atoms with Gasteiger partial charge in [0.1, 0.15) is 11.5 Å². The Morgan fingerprint density at radius 1 is 0.714 bits per heavy atom. The van der Waals surface area contributed by atoms with Gasteiger partial charge < -0.3 is 18.9 Å². The van der Waals surface area contributed by atoms with E-state index >= 15 is 0 Å². The number of halogens is 6. The average molecular weight is 504 g/mol. The Balaban J connectivity index is 1.51. The summed E-state index contributed by atoms with van der Waals surface area (Å²) in [5.41, 5.74) is 0.342. The minimum Gasteiger partial charge on any atom is -0.422 e. The van der Waals surface area contributed by atoms with Crippen LogP contribution in [-0.4, -0.2) is 55.1 Å². The van der Waals surface area contributed by atoms with E-state index in [2.05, 4.69) is 9.47 Å². The second kappa shape index (κ2) is 9.15. The lowest BCUT2D eigenvalue weighted by Gasteiger charge is -2.30. The summed E-state index contributed by atoms with van der Waals surface area (Å²) >= 11 is 0. The average Bonchev–Trinajstić information content (AvgIpc) is 3.73. The topological polar surface area (TPSA) is 77.7 Å². The van der Waals surface area contributed by atoms with Gasteiger partial charge in [-0.05, 0) is 23.3 Å².